The molecule has 0 spiro atoms. The fraction of sp³-hybridized carbons (Fsp3) is 0.722. The third-order valence-corrected chi connectivity index (χ3v) is 9.55. The van der Waals surface area contributed by atoms with Crippen molar-refractivity contribution in [1.29, 1.82) is 0 Å². The van der Waals surface area contributed by atoms with Gasteiger partial charge in [-0.2, -0.15) is 0 Å². The standard InChI is InChI=1S/C36H56N2O9/c1-9-11-24(4)32-28(45-32)22-35(7,43)16-10-12-25(5)31-26(6)13-14-29(36(8,44)17-15-27(39)30(40)33(41)47-31)46-34(42)38-20-18-37(19-21-38)23(2)3/h10,12-14,16,23-24,26,28-29,31-32,43-44H,9,11,15,17-22H2,1-8H3/b14-13+,16-10+,25-12+. The highest BCUT2D eigenvalue weighted by Crippen LogP contribution is 2.37. The second-order valence-electron chi connectivity index (χ2n) is 14.3. The highest BCUT2D eigenvalue weighted by atomic mass is 16.6. The van der Waals surface area contributed by atoms with Crippen LogP contribution in [0.3, 0.4) is 0 Å². The predicted molar refractivity (Wildman–Crippen MR) is 177 cm³/mol. The zero-order valence-corrected chi connectivity index (χ0v) is 29.4. The average molecular weight is 661 g/mol. The number of cyclic esters (lactones) is 1. The van der Waals surface area contributed by atoms with Crippen molar-refractivity contribution < 1.29 is 43.6 Å². The number of allylic oxidation sites excluding steroid dienone is 2. The Balaban J connectivity index is 1.78. The monoisotopic (exact) mass is 660 g/mol. The molecule has 47 heavy (non-hydrogen) atoms. The number of carbonyl (C=O) groups is 4. The van der Waals surface area contributed by atoms with Crippen molar-refractivity contribution >= 4 is 23.6 Å². The summed E-state index contributed by atoms with van der Waals surface area (Å²) in [5, 5.41) is 22.3. The van der Waals surface area contributed by atoms with Gasteiger partial charge in [-0.3, -0.25) is 14.5 Å². The van der Waals surface area contributed by atoms with Gasteiger partial charge in [0.25, 0.3) is 0 Å². The molecule has 2 N–H and O–H groups in total. The minimum Gasteiger partial charge on any atom is -0.451 e. The number of rotatable bonds is 10. The van der Waals surface area contributed by atoms with Crippen molar-refractivity contribution in [1.82, 2.24) is 9.80 Å². The van der Waals surface area contributed by atoms with Crippen LogP contribution in [0.25, 0.3) is 0 Å². The molecule has 264 valence electrons. The summed E-state index contributed by atoms with van der Waals surface area (Å²) in [7, 11) is 0. The van der Waals surface area contributed by atoms with E-state index in [2.05, 4.69) is 32.6 Å². The minimum absolute atomic E-state index is 0.00819. The van der Waals surface area contributed by atoms with Crippen LogP contribution in [0.2, 0.25) is 0 Å². The first-order valence-electron chi connectivity index (χ1n) is 17.1. The van der Waals surface area contributed by atoms with E-state index in [1.54, 1.807) is 56.1 Å². The van der Waals surface area contributed by atoms with Crippen LogP contribution in [0.1, 0.15) is 87.5 Å². The van der Waals surface area contributed by atoms with Crippen molar-refractivity contribution in [2.75, 3.05) is 26.2 Å². The second kappa shape index (κ2) is 16.5. The molecular formula is C36H56N2O9. The summed E-state index contributed by atoms with van der Waals surface area (Å²) in [5.41, 5.74) is -2.28. The van der Waals surface area contributed by atoms with E-state index in [1.807, 2.05) is 0 Å². The van der Waals surface area contributed by atoms with E-state index in [0.29, 0.717) is 50.1 Å². The van der Waals surface area contributed by atoms with Crippen molar-refractivity contribution in [3.8, 4) is 0 Å². The van der Waals surface area contributed by atoms with Gasteiger partial charge < -0.3 is 29.3 Å². The van der Waals surface area contributed by atoms with Gasteiger partial charge in [-0.25, -0.2) is 9.59 Å². The lowest BCUT2D eigenvalue weighted by Gasteiger charge is -2.38. The Morgan fingerprint density at radius 1 is 1.17 bits per heavy atom. The van der Waals surface area contributed by atoms with E-state index in [-0.39, 0.29) is 18.6 Å². The van der Waals surface area contributed by atoms with Gasteiger partial charge in [-0.15, -0.1) is 0 Å². The lowest BCUT2D eigenvalue weighted by molar-refractivity contribution is -0.160. The molecule has 0 aromatic carbocycles. The van der Waals surface area contributed by atoms with E-state index < -0.39 is 59.4 Å². The zero-order valence-electron chi connectivity index (χ0n) is 29.4. The third-order valence-electron chi connectivity index (χ3n) is 9.55. The molecule has 3 rings (SSSR count). The number of Topliss-reactive ketones (excluding diaryl/α,β-unsaturated/α-hetero) is 2. The number of esters is 1. The van der Waals surface area contributed by atoms with Crippen LogP contribution in [0, 0.1) is 11.8 Å². The summed E-state index contributed by atoms with van der Waals surface area (Å²) in [5.74, 6) is -3.68. The van der Waals surface area contributed by atoms with Crippen LogP contribution in [-0.2, 0) is 28.6 Å². The number of piperazine rings is 1. The van der Waals surface area contributed by atoms with Gasteiger partial charge in [0.2, 0.25) is 5.78 Å². The van der Waals surface area contributed by atoms with Gasteiger partial charge in [0.15, 0.2) is 6.10 Å². The Morgan fingerprint density at radius 3 is 2.45 bits per heavy atom. The summed E-state index contributed by atoms with van der Waals surface area (Å²) >= 11 is 0. The molecule has 2 saturated heterocycles. The van der Waals surface area contributed by atoms with E-state index in [9.17, 15) is 29.4 Å². The van der Waals surface area contributed by atoms with Gasteiger partial charge in [-0.1, -0.05) is 51.5 Å². The van der Waals surface area contributed by atoms with Gasteiger partial charge in [0.05, 0.1) is 17.8 Å². The Hall–Kier alpha value is -2.86. The van der Waals surface area contributed by atoms with Crippen LogP contribution in [0.4, 0.5) is 4.79 Å². The molecule has 11 nitrogen and oxygen atoms in total. The van der Waals surface area contributed by atoms with Crippen LogP contribution in [-0.4, -0.2) is 111 Å². The molecule has 11 heteroatoms. The Kier molecular flexibility index (Phi) is 13.5. The predicted octanol–water partition coefficient (Wildman–Crippen LogP) is 4.15. The van der Waals surface area contributed by atoms with E-state index in [4.69, 9.17) is 14.2 Å². The molecule has 0 aromatic heterocycles. The van der Waals surface area contributed by atoms with E-state index >= 15 is 0 Å². The van der Waals surface area contributed by atoms with Crippen LogP contribution in [0.15, 0.2) is 36.0 Å². The number of carbonyl (C=O) groups excluding carboxylic acids is 4. The summed E-state index contributed by atoms with van der Waals surface area (Å²) in [6, 6.07) is 0.359. The van der Waals surface area contributed by atoms with Crippen molar-refractivity contribution in [2.24, 2.45) is 11.8 Å². The molecule has 3 aliphatic rings. The topological polar surface area (TPSA) is 146 Å². The van der Waals surface area contributed by atoms with Crippen LogP contribution < -0.4 is 0 Å². The highest BCUT2D eigenvalue weighted by molar-refractivity contribution is 6.62. The van der Waals surface area contributed by atoms with E-state index in [1.165, 1.54) is 6.92 Å². The van der Waals surface area contributed by atoms with Gasteiger partial charge in [-0.05, 0) is 65.0 Å². The van der Waals surface area contributed by atoms with Crippen molar-refractivity contribution in [3.63, 3.8) is 0 Å². The number of ketones is 2. The fourth-order valence-corrected chi connectivity index (χ4v) is 6.29. The quantitative estimate of drug-likeness (QED) is 0.115. The number of hydrogen-bond acceptors (Lipinski definition) is 10. The lowest BCUT2D eigenvalue weighted by atomic mass is 9.89. The molecule has 8 unspecified atom stereocenters. The average Bonchev–Trinajstić information content (AvgIpc) is 3.77. The number of amides is 1. The molecule has 0 aromatic rings. The Morgan fingerprint density at radius 2 is 1.83 bits per heavy atom. The van der Waals surface area contributed by atoms with Crippen molar-refractivity contribution in [2.45, 2.75) is 129 Å². The Labute approximate surface area is 280 Å². The summed E-state index contributed by atoms with van der Waals surface area (Å²) < 4.78 is 17.2. The maximum atomic E-state index is 13.2. The largest absolute Gasteiger partial charge is 0.451 e. The highest BCUT2D eigenvalue weighted by Gasteiger charge is 2.45. The van der Waals surface area contributed by atoms with Gasteiger partial charge in [0.1, 0.15) is 11.7 Å². The number of aliphatic hydroxyl groups is 2. The molecule has 2 fully saturated rings. The molecule has 0 radical (unpaired) electrons. The molecule has 8 atom stereocenters. The number of ether oxygens (including phenoxy) is 3. The normalized spacial score (nSPS) is 32.7. The summed E-state index contributed by atoms with van der Waals surface area (Å²) in [6.07, 6.45) is 7.66. The van der Waals surface area contributed by atoms with Crippen molar-refractivity contribution in [3.05, 3.63) is 36.0 Å². The van der Waals surface area contributed by atoms with Gasteiger partial charge >= 0.3 is 17.8 Å². The van der Waals surface area contributed by atoms with E-state index in [0.717, 1.165) is 12.8 Å². The third kappa shape index (κ3) is 11.1. The smallest absolute Gasteiger partial charge is 0.410 e. The molecular weight excluding hydrogens is 604 g/mol. The molecule has 3 aliphatic heterocycles. The first-order chi connectivity index (χ1) is 22.0. The number of nitrogens with zero attached hydrogens (tertiary/aromatic N) is 2. The maximum absolute atomic E-state index is 13.2. The zero-order chi connectivity index (χ0) is 35.1. The summed E-state index contributed by atoms with van der Waals surface area (Å²) in [6.45, 7) is 17.5. The fourth-order valence-electron chi connectivity index (χ4n) is 6.29. The molecule has 1 amide bonds. The molecule has 0 aliphatic carbocycles. The number of hydrogen-bond donors (Lipinski definition) is 2. The molecule has 0 bridgehead atoms. The van der Waals surface area contributed by atoms with Gasteiger partial charge in [0, 0.05) is 51.0 Å². The molecule has 0 saturated carbocycles. The maximum Gasteiger partial charge on any atom is 0.410 e. The second-order valence-corrected chi connectivity index (χ2v) is 14.3. The number of epoxide rings is 1. The first-order valence-corrected chi connectivity index (χ1v) is 17.1. The Bertz CT molecular complexity index is 1210. The molecule has 3 heterocycles. The van der Waals surface area contributed by atoms with Crippen LogP contribution in [0.5, 0.6) is 0 Å². The first kappa shape index (κ1) is 38.6. The minimum atomic E-state index is -1.70. The SMILES string of the molecule is CCCC(C)C1OC1CC(C)(O)/C=C/C=C(\C)C1OC(=O)C(=O)C(=O)CCC(C)(O)C(OC(=O)N2CCN(C(C)C)CC2)/C=C/C1C. The van der Waals surface area contributed by atoms with Crippen LogP contribution >= 0.6 is 0 Å². The summed E-state index contributed by atoms with van der Waals surface area (Å²) in [4.78, 5) is 55.1. The lowest BCUT2D eigenvalue weighted by Crippen LogP contribution is -2.52.